The van der Waals surface area contributed by atoms with Gasteiger partial charge in [0.15, 0.2) is 4.96 Å². The van der Waals surface area contributed by atoms with Gasteiger partial charge in [-0.25, -0.2) is 4.98 Å². The Morgan fingerprint density at radius 3 is 2.95 bits per heavy atom. The number of thioether (sulfide) groups is 1. The molecule has 21 heavy (non-hydrogen) atoms. The summed E-state index contributed by atoms with van der Waals surface area (Å²) in [6.07, 6.45) is 1.68. The van der Waals surface area contributed by atoms with Crippen LogP contribution in [0, 0.1) is 6.92 Å². The zero-order valence-corrected chi connectivity index (χ0v) is 12.8. The molecule has 3 rings (SSSR count). The summed E-state index contributed by atoms with van der Waals surface area (Å²) in [5, 5.41) is 4.38. The van der Waals surface area contributed by atoms with E-state index in [1.807, 2.05) is 16.7 Å². The van der Waals surface area contributed by atoms with E-state index in [0.717, 1.165) is 27.3 Å². The summed E-state index contributed by atoms with van der Waals surface area (Å²) in [6, 6.07) is 0. The SMILES string of the molecule is Cc1csc2nc(C(=O)NCCN3C(=O)CSC3=O)cn12. The molecule has 1 fully saturated rings. The number of aryl methyl sites for hydroxylation is 1. The van der Waals surface area contributed by atoms with Crippen molar-refractivity contribution in [2.45, 2.75) is 6.92 Å². The van der Waals surface area contributed by atoms with Gasteiger partial charge < -0.3 is 5.32 Å². The fourth-order valence-electron chi connectivity index (χ4n) is 1.97. The first-order valence-electron chi connectivity index (χ1n) is 6.25. The predicted molar refractivity (Wildman–Crippen MR) is 79.7 cm³/mol. The van der Waals surface area contributed by atoms with Crippen molar-refractivity contribution in [2.24, 2.45) is 0 Å². The molecule has 0 unspecified atom stereocenters. The number of carbonyl (C=O) groups excluding carboxylic acids is 3. The third kappa shape index (κ3) is 2.66. The highest BCUT2D eigenvalue weighted by molar-refractivity contribution is 8.14. The van der Waals surface area contributed by atoms with E-state index < -0.39 is 0 Å². The Balaban J connectivity index is 1.59. The first-order valence-corrected chi connectivity index (χ1v) is 8.11. The van der Waals surface area contributed by atoms with Crippen molar-refractivity contribution < 1.29 is 14.4 Å². The first kappa shape index (κ1) is 14.1. The predicted octanol–water partition coefficient (Wildman–Crippen LogP) is 1.13. The van der Waals surface area contributed by atoms with Crippen LogP contribution in [0.4, 0.5) is 4.79 Å². The van der Waals surface area contributed by atoms with E-state index in [2.05, 4.69) is 10.3 Å². The van der Waals surface area contributed by atoms with Crippen molar-refractivity contribution in [1.82, 2.24) is 19.6 Å². The second kappa shape index (κ2) is 5.49. The van der Waals surface area contributed by atoms with Gasteiger partial charge in [0.1, 0.15) is 5.69 Å². The maximum atomic E-state index is 12.0. The number of hydrogen-bond acceptors (Lipinski definition) is 6. The van der Waals surface area contributed by atoms with Crippen LogP contribution in [-0.2, 0) is 4.79 Å². The maximum Gasteiger partial charge on any atom is 0.288 e. The minimum Gasteiger partial charge on any atom is -0.349 e. The summed E-state index contributed by atoms with van der Waals surface area (Å²) >= 11 is 2.45. The summed E-state index contributed by atoms with van der Waals surface area (Å²) in [7, 11) is 0. The summed E-state index contributed by atoms with van der Waals surface area (Å²) < 4.78 is 1.85. The fraction of sp³-hybridized carbons (Fsp3) is 0.333. The molecule has 0 aliphatic carbocycles. The quantitative estimate of drug-likeness (QED) is 0.911. The molecule has 1 aliphatic rings. The van der Waals surface area contributed by atoms with Gasteiger partial charge in [0.25, 0.3) is 11.1 Å². The molecule has 1 N–H and O–H groups in total. The molecule has 0 aromatic carbocycles. The number of amides is 3. The van der Waals surface area contributed by atoms with Crippen LogP contribution in [0.2, 0.25) is 0 Å². The van der Waals surface area contributed by atoms with Crippen LogP contribution in [0.15, 0.2) is 11.6 Å². The monoisotopic (exact) mass is 324 g/mol. The number of aromatic nitrogens is 2. The average molecular weight is 324 g/mol. The summed E-state index contributed by atoms with van der Waals surface area (Å²) in [6.45, 7) is 2.35. The van der Waals surface area contributed by atoms with Crippen molar-refractivity contribution in [3.05, 3.63) is 23.0 Å². The molecule has 0 atom stereocenters. The summed E-state index contributed by atoms with van der Waals surface area (Å²) in [5.41, 5.74) is 1.35. The zero-order chi connectivity index (χ0) is 15.0. The number of imide groups is 1. The van der Waals surface area contributed by atoms with Crippen molar-refractivity contribution >= 4 is 45.1 Å². The minimum atomic E-state index is -0.308. The molecular weight excluding hydrogens is 312 g/mol. The minimum absolute atomic E-state index is 0.184. The molecule has 0 spiro atoms. The largest absolute Gasteiger partial charge is 0.349 e. The number of nitrogens with zero attached hydrogens (tertiary/aromatic N) is 3. The molecule has 3 heterocycles. The highest BCUT2D eigenvalue weighted by Crippen LogP contribution is 2.18. The van der Waals surface area contributed by atoms with E-state index in [9.17, 15) is 14.4 Å². The summed E-state index contributed by atoms with van der Waals surface area (Å²) in [4.78, 5) is 40.9. The second-order valence-corrected chi connectivity index (χ2v) is 6.27. The molecular formula is C12H12N4O3S2. The Morgan fingerprint density at radius 2 is 2.29 bits per heavy atom. The van der Waals surface area contributed by atoms with Crippen LogP contribution < -0.4 is 5.32 Å². The number of carbonyl (C=O) groups is 3. The van der Waals surface area contributed by atoms with E-state index >= 15 is 0 Å². The lowest BCUT2D eigenvalue weighted by atomic mass is 10.4. The molecule has 9 heteroatoms. The van der Waals surface area contributed by atoms with E-state index in [1.165, 1.54) is 11.3 Å². The Morgan fingerprint density at radius 1 is 1.48 bits per heavy atom. The molecule has 0 bridgehead atoms. The zero-order valence-electron chi connectivity index (χ0n) is 11.2. The van der Waals surface area contributed by atoms with E-state index in [0.29, 0.717) is 5.69 Å². The molecule has 1 aliphatic heterocycles. The standard InChI is InChI=1S/C12H12N4O3S2/c1-7-5-20-11-14-8(4-16(7)11)10(18)13-2-3-15-9(17)6-21-12(15)19/h4-5H,2-3,6H2,1H3,(H,13,18). The third-order valence-electron chi connectivity index (χ3n) is 3.08. The first-order chi connectivity index (χ1) is 10.1. The molecule has 2 aromatic rings. The van der Waals surface area contributed by atoms with Crippen molar-refractivity contribution in [3.63, 3.8) is 0 Å². The number of hydrogen-bond donors (Lipinski definition) is 1. The number of rotatable bonds is 4. The van der Waals surface area contributed by atoms with Gasteiger partial charge in [-0.15, -0.1) is 11.3 Å². The topological polar surface area (TPSA) is 83.8 Å². The van der Waals surface area contributed by atoms with Gasteiger partial charge in [0.05, 0.1) is 5.75 Å². The average Bonchev–Trinajstić information content (AvgIpc) is 3.11. The van der Waals surface area contributed by atoms with E-state index in [-0.39, 0.29) is 35.9 Å². The van der Waals surface area contributed by atoms with Gasteiger partial charge in [-0.05, 0) is 6.92 Å². The smallest absolute Gasteiger partial charge is 0.288 e. The van der Waals surface area contributed by atoms with Crippen LogP contribution in [0.5, 0.6) is 0 Å². The fourth-order valence-corrected chi connectivity index (χ4v) is 3.57. The lowest BCUT2D eigenvalue weighted by molar-refractivity contribution is -0.124. The van der Waals surface area contributed by atoms with E-state index in [4.69, 9.17) is 0 Å². The highest BCUT2D eigenvalue weighted by atomic mass is 32.2. The lowest BCUT2D eigenvalue weighted by Gasteiger charge is -2.12. The van der Waals surface area contributed by atoms with Gasteiger partial charge in [-0.1, -0.05) is 11.8 Å². The number of thiazole rings is 1. The van der Waals surface area contributed by atoms with Crippen LogP contribution >= 0.6 is 23.1 Å². The van der Waals surface area contributed by atoms with E-state index in [1.54, 1.807) is 6.20 Å². The van der Waals surface area contributed by atoms with Gasteiger partial charge in [0.2, 0.25) is 5.91 Å². The second-order valence-electron chi connectivity index (χ2n) is 4.51. The van der Waals surface area contributed by atoms with Crippen LogP contribution in [-0.4, -0.2) is 50.2 Å². The molecule has 110 valence electrons. The molecule has 0 saturated carbocycles. The van der Waals surface area contributed by atoms with Gasteiger partial charge in [-0.3, -0.25) is 23.7 Å². The normalized spacial score (nSPS) is 15.2. The Kier molecular flexibility index (Phi) is 3.68. The Bertz CT molecular complexity index is 720. The highest BCUT2D eigenvalue weighted by Gasteiger charge is 2.29. The third-order valence-corrected chi connectivity index (χ3v) is 4.90. The molecule has 7 nitrogen and oxygen atoms in total. The van der Waals surface area contributed by atoms with Crippen molar-refractivity contribution in [3.8, 4) is 0 Å². The number of imidazole rings is 1. The molecule has 0 radical (unpaired) electrons. The van der Waals surface area contributed by atoms with Crippen LogP contribution in [0.25, 0.3) is 4.96 Å². The van der Waals surface area contributed by atoms with Gasteiger partial charge in [-0.2, -0.15) is 0 Å². The van der Waals surface area contributed by atoms with Gasteiger partial charge >= 0.3 is 0 Å². The van der Waals surface area contributed by atoms with Crippen LogP contribution in [0.3, 0.4) is 0 Å². The Hall–Kier alpha value is -1.87. The molecule has 2 aromatic heterocycles. The van der Waals surface area contributed by atoms with Gasteiger partial charge in [0, 0.05) is 30.4 Å². The Labute approximate surface area is 128 Å². The lowest BCUT2D eigenvalue weighted by Crippen LogP contribution is -2.37. The van der Waals surface area contributed by atoms with Crippen molar-refractivity contribution in [1.29, 1.82) is 0 Å². The maximum absolute atomic E-state index is 12.0. The molecule has 3 amide bonds. The summed E-state index contributed by atoms with van der Waals surface area (Å²) in [5.74, 6) is -0.335. The van der Waals surface area contributed by atoms with Crippen molar-refractivity contribution in [2.75, 3.05) is 18.8 Å². The number of fused-ring (bicyclic) bond motifs is 1. The number of nitrogens with one attached hydrogen (secondary N) is 1. The van der Waals surface area contributed by atoms with Crippen LogP contribution in [0.1, 0.15) is 16.2 Å². The molecule has 1 saturated heterocycles.